The smallest absolute Gasteiger partial charge is 0.315 e. The Morgan fingerprint density at radius 1 is 1.50 bits per heavy atom. The first-order chi connectivity index (χ1) is 6.72. The summed E-state index contributed by atoms with van der Waals surface area (Å²) in [5.41, 5.74) is 10.2. The maximum atomic E-state index is 10.4. The molecule has 0 spiro atoms. The maximum Gasteiger partial charge on any atom is 0.315 e. The van der Waals surface area contributed by atoms with Crippen molar-refractivity contribution in [1.29, 1.82) is 0 Å². The van der Waals surface area contributed by atoms with E-state index in [0.29, 0.717) is 31.3 Å². The highest BCUT2D eigenvalue weighted by Crippen LogP contribution is 2.04. The Morgan fingerprint density at radius 3 is 2.86 bits per heavy atom. The standard InChI is InChI=1S/C7H13N5O2/c8-4-6-11-12-7(14-6)10-3-1-2-5(9)13/h1-4,8H2,(H2,9,13)(H,10,12). The van der Waals surface area contributed by atoms with E-state index < -0.39 is 0 Å². The number of nitrogens with one attached hydrogen (secondary N) is 1. The van der Waals surface area contributed by atoms with E-state index in [9.17, 15) is 4.79 Å². The predicted octanol–water partition coefficient (Wildman–Crippen LogP) is -0.794. The highest BCUT2D eigenvalue weighted by atomic mass is 16.4. The van der Waals surface area contributed by atoms with E-state index in [-0.39, 0.29) is 12.5 Å². The van der Waals surface area contributed by atoms with Crippen molar-refractivity contribution in [3.05, 3.63) is 5.89 Å². The number of hydrogen-bond acceptors (Lipinski definition) is 6. The molecule has 0 radical (unpaired) electrons. The number of nitrogens with zero attached hydrogens (tertiary/aromatic N) is 2. The Kier molecular flexibility index (Phi) is 3.86. The third-order valence-corrected chi connectivity index (χ3v) is 1.52. The van der Waals surface area contributed by atoms with E-state index in [1.54, 1.807) is 0 Å². The second-order valence-electron chi connectivity index (χ2n) is 2.70. The molecule has 0 aliphatic carbocycles. The Bertz CT molecular complexity index is 298. The van der Waals surface area contributed by atoms with Crippen molar-refractivity contribution in [2.45, 2.75) is 19.4 Å². The van der Waals surface area contributed by atoms with Crippen LogP contribution in [0.5, 0.6) is 0 Å². The number of hydrogen-bond donors (Lipinski definition) is 3. The molecular weight excluding hydrogens is 186 g/mol. The molecule has 0 saturated heterocycles. The molecular formula is C7H13N5O2. The van der Waals surface area contributed by atoms with Crippen LogP contribution in [0.4, 0.5) is 6.01 Å². The minimum Gasteiger partial charge on any atom is -0.407 e. The molecule has 5 N–H and O–H groups in total. The SMILES string of the molecule is NCc1nnc(NCCCC(N)=O)o1. The fourth-order valence-electron chi connectivity index (χ4n) is 0.865. The van der Waals surface area contributed by atoms with E-state index in [4.69, 9.17) is 15.9 Å². The molecule has 0 fully saturated rings. The first-order valence-corrected chi connectivity index (χ1v) is 4.27. The quantitative estimate of drug-likeness (QED) is 0.516. The van der Waals surface area contributed by atoms with Gasteiger partial charge in [0.15, 0.2) is 0 Å². The van der Waals surface area contributed by atoms with Crippen molar-refractivity contribution in [1.82, 2.24) is 10.2 Å². The lowest BCUT2D eigenvalue weighted by atomic mass is 10.3. The Morgan fingerprint density at radius 2 is 2.29 bits per heavy atom. The summed E-state index contributed by atoms with van der Waals surface area (Å²) in [5, 5.41) is 10.2. The van der Waals surface area contributed by atoms with Gasteiger partial charge in [0.05, 0.1) is 6.54 Å². The largest absolute Gasteiger partial charge is 0.407 e. The minimum atomic E-state index is -0.319. The number of anilines is 1. The van der Waals surface area contributed by atoms with E-state index in [1.165, 1.54) is 0 Å². The summed E-state index contributed by atoms with van der Waals surface area (Å²) in [6, 6.07) is 0.315. The second kappa shape index (κ2) is 5.18. The molecule has 1 aromatic heterocycles. The summed E-state index contributed by atoms with van der Waals surface area (Å²) in [6.07, 6.45) is 0.973. The van der Waals surface area contributed by atoms with Crippen LogP contribution in [0.15, 0.2) is 4.42 Å². The van der Waals surface area contributed by atoms with Crippen LogP contribution >= 0.6 is 0 Å². The number of amides is 1. The average molecular weight is 199 g/mol. The molecule has 1 amide bonds. The lowest BCUT2D eigenvalue weighted by Crippen LogP contribution is -2.12. The summed E-state index contributed by atoms with van der Waals surface area (Å²) in [7, 11) is 0. The van der Waals surface area contributed by atoms with Crippen LogP contribution in [0.1, 0.15) is 18.7 Å². The summed E-state index contributed by atoms with van der Waals surface area (Å²) in [4.78, 5) is 10.4. The number of carbonyl (C=O) groups excluding carboxylic acids is 1. The van der Waals surface area contributed by atoms with Gasteiger partial charge in [-0.05, 0) is 6.42 Å². The Balaban J connectivity index is 2.21. The third-order valence-electron chi connectivity index (χ3n) is 1.52. The molecule has 1 heterocycles. The zero-order chi connectivity index (χ0) is 10.4. The van der Waals surface area contributed by atoms with Crippen molar-refractivity contribution in [2.24, 2.45) is 11.5 Å². The number of carbonyl (C=O) groups is 1. The lowest BCUT2D eigenvalue weighted by molar-refractivity contribution is -0.118. The molecule has 0 aromatic carbocycles. The molecule has 0 atom stereocenters. The highest BCUT2D eigenvalue weighted by molar-refractivity contribution is 5.73. The first kappa shape index (κ1) is 10.5. The topological polar surface area (TPSA) is 120 Å². The first-order valence-electron chi connectivity index (χ1n) is 4.27. The van der Waals surface area contributed by atoms with E-state index >= 15 is 0 Å². The maximum absolute atomic E-state index is 10.4. The highest BCUT2D eigenvalue weighted by Gasteiger charge is 2.02. The number of nitrogens with two attached hydrogens (primary N) is 2. The van der Waals surface area contributed by atoms with E-state index in [2.05, 4.69) is 15.5 Å². The molecule has 14 heavy (non-hydrogen) atoms. The van der Waals surface area contributed by atoms with Crippen LogP contribution in [-0.2, 0) is 11.3 Å². The zero-order valence-corrected chi connectivity index (χ0v) is 7.69. The van der Waals surface area contributed by atoms with Crippen molar-refractivity contribution in [2.75, 3.05) is 11.9 Å². The molecule has 78 valence electrons. The van der Waals surface area contributed by atoms with Crippen LogP contribution in [0.3, 0.4) is 0 Å². The van der Waals surface area contributed by atoms with E-state index in [0.717, 1.165) is 0 Å². The molecule has 0 aliphatic rings. The molecule has 0 saturated carbocycles. The molecule has 0 aliphatic heterocycles. The number of rotatable bonds is 6. The molecule has 1 aromatic rings. The van der Waals surface area contributed by atoms with E-state index in [1.807, 2.05) is 0 Å². The summed E-state index contributed by atoms with van der Waals surface area (Å²) < 4.78 is 5.07. The summed E-state index contributed by atoms with van der Waals surface area (Å²) in [5.74, 6) is 0.0578. The van der Waals surface area contributed by atoms with Gasteiger partial charge in [-0.1, -0.05) is 5.10 Å². The molecule has 1 rings (SSSR count). The normalized spacial score (nSPS) is 10.1. The van der Waals surface area contributed by atoms with Gasteiger partial charge in [-0.15, -0.1) is 5.10 Å². The summed E-state index contributed by atoms with van der Waals surface area (Å²) in [6.45, 7) is 0.783. The van der Waals surface area contributed by atoms with Gasteiger partial charge in [-0.25, -0.2) is 0 Å². The van der Waals surface area contributed by atoms with Crippen LogP contribution in [0, 0.1) is 0 Å². The number of aromatic nitrogens is 2. The fourth-order valence-corrected chi connectivity index (χ4v) is 0.865. The third kappa shape index (κ3) is 3.40. The van der Waals surface area contributed by atoms with Crippen molar-refractivity contribution < 1.29 is 9.21 Å². The molecule has 7 nitrogen and oxygen atoms in total. The van der Waals surface area contributed by atoms with Crippen LogP contribution in [-0.4, -0.2) is 22.6 Å². The van der Waals surface area contributed by atoms with Gasteiger partial charge < -0.3 is 21.2 Å². The van der Waals surface area contributed by atoms with Gasteiger partial charge >= 0.3 is 6.01 Å². The van der Waals surface area contributed by atoms with Gasteiger partial charge in [-0.3, -0.25) is 4.79 Å². The summed E-state index contributed by atoms with van der Waals surface area (Å²) >= 11 is 0. The molecule has 0 bridgehead atoms. The number of primary amides is 1. The van der Waals surface area contributed by atoms with Crippen molar-refractivity contribution in [3.63, 3.8) is 0 Å². The van der Waals surface area contributed by atoms with Gasteiger partial charge in [-0.2, -0.15) is 0 Å². The molecule has 7 heteroatoms. The van der Waals surface area contributed by atoms with Gasteiger partial charge in [0.1, 0.15) is 0 Å². The second-order valence-corrected chi connectivity index (χ2v) is 2.70. The van der Waals surface area contributed by atoms with Crippen molar-refractivity contribution >= 4 is 11.9 Å². The Hall–Kier alpha value is -1.63. The fraction of sp³-hybridized carbons (Fsp3) is 0.571. The van der Waals surface area contributed by atoms with Gasteiger partial charge in [0.25, 0.3) is 0 Å². The Labute approximate surface area is 80.8 Å². The van der Waals surface area contributed by atoms with Crippen molar-refractivity contribution in [3.8, 4) is 0 Å². The van der Waals surface area contributed by atoms with Crippen LogP contribution in [0.2, 0.25) is 0 Å². The average Bonchev–Trinajstić information content (AvgIpc) is 2.60. The van der Waals surface area contributed by atoms with Crippen LogP contribution in [0.25, 0.3) is 0 Å². The monoisotopic (exact) mass is 199 g/mol. The van der Waals surface area contributed by atoms with Gasteiger partial charge in [0, 0.05) is 13.0 Å². The zero-order valence-electron chi connectivity index (χ0n) is 7.69. The predicted molar refractivity (Wildman–Crippen MR) is 49.1 cm³/mol. The lowest BCUT2D eigenvalue weighted by Gasteiger charge is -1.98. The van der Waals surface area contributed by atoms with Crippen LogP contribution < -0.4 is 16.8 Å². The minimum absolute atomic E-state index is 0.218. The van der Waals surface area contributed by atoms with Gasteiger partial charge in [0.2, 0.25) is 11.8 Å². The molecule has 0 unspecified atom stereocenters.